The van der Waals surface area contributed by atoms with Crippen LogP contribution in [0.25, 0.3) is 11.4 Å². The van der Waals surface area contributed by atoms with Crippen molar-refractivity contribution < 1.29 is 24.2 Å². The quantitative estimate of drug-likeness (QED) is 0.136. The molecule has 39 heavy (non-hydrogen) atoms. The first-order valence-electron chi connectivity index (χ1n) is 11.9. The summed E-state index contributed by atoms with van der Waals surface area (Å²) in [5.41, 5.74) is 2.78. The highest BCUT2D eigenvalue weighted by Gasteiger charge is 2.49. The lowest BCUT2D eigenvalue weighted by Crippen LogP contribution is -2.29. The number of imidazole rings is 1. The summed E-state index contributed by atoms with van der Waals surface area (Å²) in [6.07, 6.45) is 1.80. The first-order chi connectivity index (χ1) is 18.5. The van der Waals surface area contributed by atoms with Crippen molar-refractivity contribution in [1.29, 1.82) is 0 Å². The summed E-state index contributed by atoms with van der Waals surface area (Å²) in [7, 11) is 0. The van der Waals surface area contributed by atoms with Gasteiger partial charge in [0.2, 0.25) is 0 Å². The number of fused-ring (bicyclic) bond motifs is 1. The van der Waals surface area contributed by atoms with Gasteiger partial charge >= 0.3 is 11.9 Å². The molecule has 0 spiro atoms. The number of hydrogen-bond acceptors (Lipinski definition) is 8. The molecular formula is C27H22Cl2N4O5S. The molecule has 200 valence electrons. The molecule has 0 bridgehead atoms. The summed E-state index contributed by atoms with van der Waals surface area (Å²) in [6.45, 7) is 7.10. The Morgan fingerprint density at radius 3 is 2.54 bits per heavy atom. The van der Waals surface area contributed by atoms with Gasteiger partial charge in [0.25, 0.3) is 5.78 Å². The van der Waals surface area contributed by atoms with Gasteiger partial charge in [-0.3, -0.25) is 14.5 Å². The molecule has 1 aliphatic rings. The topological polar surface area (TPSA) is 114 Å². The third-order valence-corrected chi connectivity index (χ3v) is 8.34. The molecular weight excluding hydrogens is 563 g/mol. The maximum Gasteiger partial charge on any atom is 0.350 e. The van der Waals surface area contributed by atoms with Crippen molar-refractivity contribution >= 4 is 68.7 Å². The summed E-state index contributed by atoms with van der Waals surface area (Å²) in [5.74, 6) is -2.87. The fourth-order valence-electron chi connectivity index (χ4n) is 4.57. The van der Waals surface area contributed by atoms with Gasteiger partial charge in [-0.05, 0) is 57.0 Å². The maximum atomic E-state index is 13.5. The van der Waals surface area contributed by atoms with Crippen LogP contribution in [0.2, 0.25) is 10.0 Å². The van der Waals surface area contributed by atoms with E-state index in [0.717, 1.165) is 21.8 Å². The fourth-order valence-corrected chi connectivity index (χ4v) is 5.87. The second-order valence-electron chi connectivity index (χ2n) is 8.90. The van der Waals surface area contributed by atoms with Gasteiger partial charge in [-0.25, -0.2) is 14.8 Å². The lowest BCUT2D eigenvalue weighted by atomic mass is 9.96. The zero-order chi connectivity index (χ0) is 28.2. The monoisotopic (exact) mass is 584 g/mol. The molecule has 3 aromatic heterocycles. The minimum atomic E-state index is -1.12. The van der Waals surface area contributed by atoms with E-state index in [1.807, 2.05) is 19.1 Å². The average molecular weight is 585 g/mol. The van der Waals surface area contributed by atoms with E-state index in [1.54, 1.807) is 37.4 Å². The largest absolute Gasteiger partial charge is 0.505 e. The molecule has 1 saturated heterocycles. The van der Waals surface area contributed by atoms with Crippen LogP contribution in [0.3, 0.4) is 0 Å². The standard InChI is InChI=1S/C27H22Cl2N4O5S/c1-5-38-26(37)23-13(3)30-27(39-23)33-20(15-8-9-16(28)17(29)11-15)18(22(35)25(33)36)21(34)19-14(4)32-10-6-7-12(2)24(32)31-19/h6-11,20,34H,5H2,1-4H3. The number of aromatic nitrogens is 3. The van der Waals surface area contributed by atoms with Crippen LogP contribution >= 0.6 is 34.5 Å². The van der Waals surface area contributed by atoms with E-state index >= 15 is 0 Å². The number of carbonyl (C=O) groups is 3. The second kappa shape index (κ2) is 10.1. The van der Waals surface area contributed by atoms with E-state index in [-0.39, 0.29) is 37.9 Å². The zero-order valence-electron chi connectivity index (χ0n) is 21.3. The number of aliphatic hydroxyl groups excluding tert-OH is 1. The Morgan fingerprint density at radius 2 is 1.87 bits per heavy atom. The van der Waals surface area contributed by atoms with Crippen molar-refractivity contribution in [1.82, 2.24) is 14.4 Å². The van der Waals surface area contributed by atoms with Crippen molar-refractivity contribution in [2.24, 2.45) is 0 Å². The van der Waals surface area contributed by atoms with Gasteiger partial charge in [0.1, 0.15) is 16.2 Å². The number of aliphatic hydroxyl groups is 1. The SMILES string of the molecule is CCOC(=O)c1sc(N2C(=O)C(=O)C(=C(O)c3nc4c(C)cccn4c3C)C2c2ccc(Cl)c(Cl)c2)nc1C. The number of halogens is 2. The molecule has 5 rings (SSSR count). The predicted octanol–water partition coefficient (Wildman–Crippen LogP) is 5.83. The Kier molecular flexibility index (Phi) is 6.96. The molecule has 0 aliphatic carbocycles. The van der Waals surface area contributed by atoms with E-state index in [1.165, 1.54) is 12.1 Å². The number of nitrogens with zero attached hydrogens (tertiary/aromatic N) is 4. The van der Waals surface area contributed by atoms with Crippen molar-refractivity contribution in [3.63, 3.8) is 0 Å². The minimum Gasteiger partial charge on any atom is -0.505 e. The number of benzene rings is 1. The molecule has 0 saturated carbocycles. The Labute approximate surface area is 237 Å². The molecule has 1 aliphatic heterocycles. The van der Waals surface area contributed by atoms with Gasteiger partial charge in [0.05, 0.1) is 39.7 Å². The van der Waals surface area contributed by atoms with Crippen molar-refractivity contribution in [3.05, 3.63) is 85.2 Å². The van der Waals surface area contributed by atoms with Gasteiger partial charge in [0.15, 0.2) is 10.9 Å². The molecule has 1 unspecified atom stereocenters. The number of amides is 1. The van der Waals surface area contributed by atoms with Crippen LogP contribution in [0.15, 0.2) is 42.1 Å². The molecule has 0 radical (unpaired) electrons. The molecule has 4 aromatic rings. The molecule has 1 atom stereocenters. The third kappa shape index (κ3) is 4.38. The Hall–Kier alpha value is -3.73. The molecule has 1 fully saturated rings. The highest BCUT2D eigenvalue weighted by atomic mass is 35.5. The number of Topliss-reactive ketones (excluding diaryl/α,β-unsaturated/α-hetero) is 1. The lowest BCUT2D eigenvalue weighted by molar-refractivity contribution is -0.132. The van der Waals surface area contributed by atoms with E-state index in [9.17, 15) is 19.5 Å². The zero-order valence-corrected chi connectivity index (χ0v) is 23.6. The lowest BCUT2D eigenvalue weighted by Gasteiger charge is -2.23. The third-order valence-electron chi connectivity index (χ3n) is 6.46. The highest BCUT2D eigenvalue weighted by molar-refractivity contribution is 7.17. The van der Waals surface area contributed by atoms with Gasteiger partial charge in [0, 0.05) is 6.20 Å². The summed E-state index contributed by atoms with van der Waals surface area (Å²) >= 11 is 13.4. The van der Waals surface area contributed by atoms with E-state index in [4.69, 9.17) is 27.9 Å². The Bertz CT molecular complexity index is 1720. The highest BCUT2D eigenvalue weighted by Crippen LogP contribution is 2.45. The van der Waals surface area contributed by atoms with Crippen LogP contribution in [-0.2, 0) is 14.3 Å². The predicted molar refractivity (Wildman–Crippen MR) is 149 cm³/mol. The number of thiazole rings is 1. The number of pyridine rings is 1. The fraction of sp³-hybridized carbons (Fsp3) is 0.222. The normalized spacial score (nSPS) is 16.9. The van der Waals surface area contributed by atoms with Gasteiger partial charge < -0.3 is 14.2 Å². The number of hydrogen-bond donors (Lipinski definition) is 1. The Balaban J connectivity index is 1.75. The second-order valence-corrected chi connectivity index (χ2v) is 10.7. The van der Waals surface area contributed by atoms with Gasteiger partial charge in [-0.1, -0.05) is 46.7 Å². The molecule has 1 N–H and O–H groups in total. The van der Waals surface area contributed by atoms with Gasteiger partial charge in [-0.15, -0.1) is 0 Å². The van der Waals surface area contributed by atoms with Crippen molar-refractivity contribution in [2.45, 2.75) is 33.7 Å². The van der Waals surface area contributed by atoms with E-state index < -0.39 is 29.5 Å². The summed E-state index contributed by atoms with van der Waals surface area (Å²) in [4.78, 5) is 49.9. The number of ketones is 1. The smallest absolute Gasteiger partial charge is 0.350 e. The molecule has 1 amide bonds. The molecule has 9 nitrogen and oxygen atoms in total. The number of rotatable bonds is 5. The maximum absolute atomic E-state index is 13.5. The first-order valence-corrected chi connectivity index (χ1v) is 13.5. The van der Waals surface area contributed by atoms with Crippen molar-refractivity contribution in [3.8, 4) is 0 Å². The van der Waals surface area contributed by atoms with Gasteiger partial charge in [-0.2, -0.15) is 0 Å². The number of carbonyl (C=O) groups excluding carboxylic acids is 3. The van der Waals surface area contributed by atoms with E-state index in [2.05, 4.69) is 9.97 Å². The van der Waals surface area contributed by atoms with Crippen LogP contribution in [0, 0.1) is 20.8 Å². The summed E-state index contributed by atoms with van der Waals surface area (Å²) < 4.78 is 6.91. The Morgan fingerprint density at radius 1 is 1.13 bits per heavy atom. The minimum absolute atomic E-state index is 0.0929. The molecule has 12 heteroatoms. The van der Waals surface area contributed by atoms with Crippen LogP contribution in [0.4, 0.5) is 5.13 Å². The number of aryl methyl sites for hydroxylation is 3. The van der Waals surface area contributed by atoms with Crippen LogP contribution in [0.1, 0.15) is 50.8 Å². The average Bonchev–Trinajstić information content (AvgIpc) is 3.53. The summed E-state index contributed by atoms with van der Waals surface area (Å²) in [5, 5.41) is 12.1. The van der Waals surface area contributed by atoms with Crippen molar-refractivity contribution in [2.75, 3.05) is 11.5 Å². The molecule has 4 heterocycles. The number of esters is 1. The van der Waals surface area contributed by atoms with Crippen LogP contribution in [0.5, 0.6) is 0 Å². The first kappa shape index (κ1) is 26.9. The van der Waals surface area contributed by atoms with Crippen LogP contribution < -0.4 is 4.90 Å². The number of anilines is 1. The van der Waals surface area contributed by atoms with Crippen LogP contribution in [-0.4, -0.2) is 43.7 Å². The molecule has 1 aromatic carbocycles. The van der Waals surface area contributed by atoms with E-state index in [0.29, 0.717) is 22.6 Å². The summed E-state index contributed by atoms with van der Waals surface area (Å²) in [6, 6.07) is 7.28. The number of ether oxygens (including phenoxy) is 1.